The number of aromatic nitrogens is 1. The quantitative estimate of drug-likeness (QED) is 0.493. The lowest BCUT2D eigenvalue weighted by Crippen LogP contribution is -2.10. The summed E-state index contributed by atoms with van der Waals surface area (Å²) in [5.41, 5.74) is 7.19. The molecule has 0 saturated heterocycles. The van der Waals surface area contributed by atoms with Crippen LogP contribution >= 0.6 is 0 Å². The topological polar surface area (TPSA) is 74.9 Å². The number of ether oxygens (including phenoxy) is 1. The summed E-state index contributed by atoms with van der Waals surface area (Å²) in [4.78, 5) is 3.13. The Morgan fingerprint density at radius 3 is 2.74 bits per heavy atom. The van der Waals surface area contributed by atoms with Crippen molar-refractivity contribution in [2.45, 2.75) is 0 Å². The van der Waals surface area contributed by atoms with E-state index >= 15 is 0 Å². The molecule has 0 bridgehead atoms. The molecule has 0 spiro atoms. The van der Waals surface area contributed by atoms with E-state index in [0.717, 1.165) is 16.7 Å². The molecule has 1 aromatic heterocycles. The number of amidine groups is 1. The average molecular weight is 251 g/mol. The highest BCUT2D eigenvalue weighted by Gasteiger charge is 2.02. The van der Waals surface area contributed by atoms with Gasteiger partial charge in [-0.3, -0.25) is 5.41 Å². The van der Waals surface area contributed by atoms with Gasteiger partial charge in [-0.2, -0.15) is 0 Å². The van der Waals surface area contributed by atoms with Crippen molar-refractivity contribution in [1.82, 2.24) is 4.98 Å². The lowest BCUT2D eigenvalue weighted by molar-refractivity contribution is 0.483. The van der Waals surface area contributed by atoms with Gasteiger partial charge in [0.25, 0.3) is 0 Å². The van der Waals surface area contributed by atoms with E-state index in [4.69, 9.17) is 15.9 Å². The molecule has 0 atom stereocenters. The number of nitrogen functional groups attached to an aromatic ring is 1. The molecule has 0 aliphatic carbocycles. The van der Waals surface area contributed by atoms with Gasteiger partial charge in [0, 0.05) is 22.7 Å². The number of nitrogens with one attached hydrogen (secondary N) is 2. The van der Waals surface area contributed by atoms with Crippen molar-refractivity contribution in [3.05, 3.63) is 60.3 Å². The first-order valence-corrected chi connectivity index (χ1v) is 5.92. The number of aromatic amines is 1. The zero-order chi connectivity index (χ0) is 13.2. The Labute approximate surface area is 110 Å². The van der Waals surface area contributed by atoms with Crippen LogP contribution in [0.1, 0.15) is 5.56 Å². The number of nitrogens with two attached hydrogens (primary N) is 1. The normalized spacial score (nSPS) is 10.5. The van der Waals surface area contributed by atoms with Gasteiger partial charge in [0.1, 0.15) is 17.3 Å². The summed E-state index contributed by atoms with van der Waals surface area (Å²) in [5, 5.41) is 8.51. The van der Waals surface area contributed by atoms with E-state index in [1.54, 1.807) is 12.1 Å². The average Bonchev–Trinajstić information content (AvgIpc) is 2.86. The van der Waals surface area contributed by atoms with E-state index in [1.165, 1.54) is 0 Å². The zero-order valence-electron chi connectivity index (χ0n) is 10.2. The van der Waals surface area contributed by atoms with Crippen molar-refractivity contribution >= 4 is 16.7 Å². The monoisotopic (exact) mass is 251 g/mol. The van der Waals surface area contributed by atoms with Crippen LogP contribution in [0.3, 0.4) is 0 Å². The van der Waals surface area contributed by atoms with E-state index in [9.17, 15) is 0 Å². The second-order valence-corrected chi connectivity index (χ2v) is 4.27. The van der Waals surface area contributed by atoms with Crippen LogP contribution in [0, 0.1) is 5.41 Å². The van der Waals surface area contributed by atoms with Gasteiger partial charge < -0.3 is 15.5 Å². The minimum absolute atomic E-state index is 0.0338. The molecule has 0 aliphatic rings. The van der Waals surface area contributed by atoms with Gasteiger partial charge >= 0.3 is 0 Å². The molecule has 4 heteroatoms. The SMILES string of the molecule is N=C(N)c1cccc(Oc2ccc3[nH]ccc3c2)c1. The summed E-state index contributed by atoms with van der Waals surface area (Å²) in [6.45, 7) is 0. The number of benzene rings is 2. The molecule has 0 unspecified atom stereocenters. The molecule has 94 valence electrons. The predicted octanol–water partition coefficient (Wildman–Crippen LogP) is 3.24. The van der Waals surface area contributed by atoms with Gasteiger partial charge in [-0.15, -0.1) is 0 Å². The Balaban J connectivity index is 1.91. The Morgan fingerprint density at radius 2 is 1.89 bits per heavy atom. The molecule has 4 N–H and O–H groups in total. The van der Waals surface area contributed by atoms with E-state index < -0.39 is 0 Å². The highest BCUT2D eigenvalue weighted by atomic mass is 16.5. The fourth-order valence-corrected chi connectivity index (χ4v) is 1.96. The summed E-state index contributed by atoms with van der Waals surface area (Å²) in [5.74, 6) is 1.46. The smallest absolute Gasteiger partial charge is 0.128 e. The maximum absolute atomic E-state index is 7.42. The zero-order valence-corrected chi connectivity index (χ0v) is 10.2. The van der Waals surface area contributed by atoms with Crippen LogP contribution in [0.4, 0.5) is 0 Å². The van der Waals surface area contributed by atoms with Gasteiger partial charge in [0.05, 0.1) is 0 Å². The highest BCUT2D eigenvalue weighted by molar-refractivity contribution is 5.95. The van der Waals surface area contributed by atoms with E-state index in [0.29, 0.717) is 11.3 Å². The van der Waals surface area contributed by atoms with Crippen LogP contribution in [0.15, 0.2) is 54.7 Å². The maximum atomic E-state index is 7.42. The first-order chi connectivity index (χ1) is 9.22. The van der Waals surface area contributed by atoms with E-state index in [-0.39, 0.29) is 5.84 Å². The lowest BCUT2D eigenvalue weighted by Gasteiger charge is -2.07. The maximum Gasteiger partial charge on any atom is 0.128 e. The fraction of sp³-hybridized carbons (Fsp3) is 0. The molecule has 2 aromatic carbocycles. The highest BCUT2D eigenvalue weighted by Crippen LogP contribution is 2.25. The van der Waals surface area contributed by atoms with Crippen molar-refractivity contribution in [1.29, 1.82) is 5.41 Å². The van der Waals surface area contributed by atoms with Crippen molar-refractivity contribution in [2.24, 2.45) is 5.73 Å². The van der Waals surface area contributed by atoms with Gasteiger partial charge in [-0.05, 0) is 36.4 Å². The van der Waals surface area contributed by atoms with Crippen molar-refractivity contribution in [3.63, 3.8) is 0 Å². The van der Waals surface area contributed by atoms with Crippen LogP contribution in [0.5, 0.6) is 11.5 Å². The largest absolute Gasteiger partial charge is 0.457 e. The molecule has 0 fully saturated rings. The third kappa shape index (κ3) is 2.28. The summed E-state index contributed by atoms with van der Waals surface area (Å²) in [6.07, 6.45) is 1.89. The molecule has 19 heavy (non-hydrogen) atoms. The standard InChI is InChI=1S/C15H13N3O/c16-15(17)11-2-1-3-12(9-11)19-13-4-5-14-10(8-13)6-7-18-14/h1-9,18H,(H3,16,17). The van der Waals surface area contributed by atoms with Gasteiger partial charge in [-0.25, -0.2) is 0 Å². The molecule has 0 aliphatic heterocycles. The predicted molar refractivity (Wildman–Crippen MR) is 75.8 cm³/mol. The summed E-state index contributed by atoms with van der Waals surface area (Å²) >= 11 is 0. The molecule has 0 saturated carbocycles. The lowest BCUT2D eigenvalue weighted by atomic mass is 10.2. The van der Waals surface area contributed by atoms with Crippen LogP contribution in [-0.4, -0.2) is 10.8 Å². The summed E-state index contributed by atoms with van der Waals surface area (Å²) in [6, 6.07) is 15.0. The first kappa shape index (κ1) is 11.3. The third-order valence-corrected chi connectivity index (χ3v) is 2.91. The fourth-order valence-electron chi connectivity index (χ4n) is 1.96. The minimum atomic E-state index is 0.0338. The Hall–Kier alpha value is -2.75. The van der Waals surface area contributed by atoms with Crippen molar-refractivity contribution in [2.75, 3.05) is 0 Å². The second-order valence-electron chi connectivity index (χ2n) is 4.27. The second kappa shape index (κ2) is 4.49. The number of hydrogen-bond acceptors (Lipinski definition) is 2. The Bertz CT molecular complexity index is 746. The molecule has 1 heterocycles. The number of hydrogen-bond donors (Lipinski definition) is 3. The molecule has 4 nitrogen and oxygen atoms in total. The van der Waals surface area contributed by atoms with Gasteiger partial charge in [0.2, 0.25) is 0 Å². The van der Waals surface area contributed by atoms with Crippen LogP contribution < -0.4 is 10.5 Å². The number of H-pyrrole nitrogens is 1. The van der Waals surface area contributed by atoms with Crippen LogP contribution in [-0.2, 0) is 0 Å². The number of rotatable bonds is 3. The van der Waals surface area contributed by atoms with Crippen molar-refractivity contribution in [3.8, 4) is 11.5 Å². The molecular formula is C15H13N3O. The van der Waals surface area contributed by atoms with Gasteiger partial charge in [0.15, 0.2) is 0 Å². The van der Waals surface area contributed by atoms with Crippen LogP contribution in [0.2, 0.25) is 0 Å². The Morgan fingerprint density at radius 1 is 1.05 bits per heavy atom. The summed E-state index contributed by atoms with van der Waals surface area (Å²) < 4.78 is 5.78. The van der Waals surface area contributed by atoms with Crippen molar-refractivity contribution < 1.29 is 4.74 Å². The Kier molecular flexibility index (Phi) is 2.68. The number of fused-ring (bicyclic) bond motifs is 1. The van der Waals surface area contributed by atoms with E-state index in [2.05, 4.69) is 4.98 Å². The molecular weight excluding hydrogens is 238 g/mol. The molecule has 3 aromatic rings. The molecule has 0 radical (unpaired) electrons. The first-order valence-electron chi connectivity index (χ1n) is 5.92. The third-order valence-electron chi connectivity index (χ3n) is 2.91. The minimum Gasteiger partial charge on any atom is -0.457 e. The summed E-state index contributed by atoms with van der Waals surface area (Å²) in [7, 11) is 0. The molecule has 0 amide bonds. The van der Waals surface area contributed by atoms with Crippen LogP contribution in [0.25, 0.3) is 10.9 Å². The van der Waals surface area contributed by atoms with Gasteiger partial charge in [-0.1, -0.05) is 12.1 Å². The molecule has 3 rings (SSSR count). The van der Waals surface area contributed by atoms with E-state index in [1.807, 2.05) is 42.6 Å².